The summed E-state index contributed by atoms with van der Waals surface area (Å²) in [5.74, 6) is 6.61. The third-order valence-electron chi connectivity index (χ3n) is 19.4. The van der Waals surface area contributed by atoms with Gasteiger partial charge < -0.3 is 18.9 Å². The Morgan fingerprint density at radius 1 is 0.186 bits per heavy atom. The van der Waals surface area contributed by atoms with Crippen molar-refractivity contribution in [2.45, 2.75) is 439 Å². The van der Waals surface area contributed by atoms with Gasteiger partial charge in [0.2, 0.25) is 0 Å². The fourth-order valence-electron chi connectivity index (χ4n) is 12.8. The molecular formula is C85H164O8S4. The van der Waals surface area contributed by atoms with Crippen LogP contribution in [0.25, 0.3) is 0 Å². The summed E-state index contributed by atoms with van der Waals surface area (Å²) in [5, 5.41) is 0. The summed E-state index contributed by atoms with van der Waals surface area (Å²) >= 11 is 7.64. The van der Waals surface area contributed by atoms with Crippen LogP contribution < -0.4 is 0 Å². The molecule has 0 bridgehead atoms. The number of rotatable bonds is 84. The number of unbranched alkanes of at least 4 members (excludes halogenated alkanes) is 52. The van der Waals surface area contributed by atoms with Crippen molar-refractivity contribution in [1.29, 1.82) is 0 Å². The van der Waals surface area contributed by atoms with Crippen LogP contribution in [0.3, 0.4) is 0 Å². The van der Waals surface area contributed by atoms with Gasteiger partial charge in [0.15, 0.2) is 0 Å². The van der Waals surface area contributed by atoms with Crippen LogP contribution in [0.4, 0.5) is 0 Å². The number of carbonyl (C=O) groups is 4. The van der Waals surface area contributed by atoms with Gasteiger partial charge >= 0.3 is 23.9 Å². The molecule has 0 aromatic rings. The minimum Gasteiger partial charge on any atom is -0.465 e. The molecule has 0 rings (SSSR count). The van der Waals surface area contributed by atoms with Crippen molar-refractivity contribution < 1.29 is 38.1 Å². The highest BCUT2D eigenvalue weighted by Gasteiger charge is 2.38. The normalized spacial score (nSPS) is 11.7. The Morgan fingerprint density at radius 2 is 0.309 bits per heavy atom. The molecule has 0 fully saturated rings. The Kier molecular flexibility index (Phi) is 82.0. The molecule has 0 heterocycles. The van der Waals surface area contributed by atoms with Crippen LogP contribution in [-0.4, -0.2) is 96.3 Å². The van der Waals surface area contributed by atoms with Gasteiger partial charge in [0, 0.05) is 25.7 Å². The second-order valence-corrected chi connectivity index (χ2v) is 34.3. The van der Waals surface area contributed by atoms with E-state index in [-0.39, 0.29) is 76.0 Å². The Bertz CT molecular complexity index is 1370. The lowest BCUT2D eigenvalue weighted by Gasteiger charge is -2.31. The van der Waals surface area contributed by atoms with Crippen molar-refractivity contribution >= 4 is 70.9 Å². The fourth-order valence-corrected chi connectivity index (χ4v) is 16.6. The average Bonchev–Trinajstić information content (AvgIpc) is 1.05. The van der Waals surface area contributed by atoms with Crippen LogP contribution in [0.15, 0.2) is 0 Å². The van der Waals surface area contributed by atoms with E-state index in [0.717, 1.165) is 46.0 Å². The van der Waals surface area contributed by atoms with Crippen LogP contribution in [0.2, 0.25) is 0 Å². The van der Waals surface area contributed by atoms with Gasteiger partial charge in [-0.05, 0) is 97.4 Å². The maximum atomic E-state index is 13.5. The highest BCUT2D eigenvalue weighted by Crippen LogP contribution is 2.26. The van der Waals surface area contributed by atoms with Crippen molar-refractivity contribution in [2.24, 2.45) is 5.41 Å². The minimum atomic E-state index is -1.23. The lowest BCUT2D eigenvalue weighted by molar-refractivity contribution is -0.170. The van der Waals surface area contributed by atoms with Crippen molar-refractivity contribution in [3.05, 3.63) is 0 Å². The summed E-state index contributed by atoms with van der Waals surface area (Å²) in [4.78, 5) is 53.9. The Labute approximate surface area is 621 Å². The molecule has 576 valence electrons. The highest BCUT2D eigenvalue weighted by molar-refractivity contribution is 7.99. The maximum absolute atomic E-state index is 13.5. The largest absolute Gasteiger partial charge is 0.465 e. The second-order valence-electron chi connectivity index (χ2n) is 29.4. The smallest absolute Gasteiger partial charge is 0.305 e. The molecule has 0 amide bonds. The fraction of sp³-hybridized carbons (Fsp3) is 0.953. The van der Waals surface area contributed by atoms with Gasteiger partial charge in [-0.1, -0.05) is 362 Å². The lowest BCUT2D eigenvalue weighted by atomic mass is 9.92. The molecule has 0 aromatic carbocycles. The Morgan fingerprint density at radius 3 is 0.454 bits per heavy atom. The third kappa shape index (κ3) is 77.7. The molecule has 0 unspecified atom stereocenters. The molecule has 0 spiro atoms. The van der Waals surface area contributed by atoms with Crippen molar-refractivity contribution in [1.82, 2.24) is 0 Å². The average molecular weight is 1440 g/mol. The van der Waals surface area contributed by atoms with E-state index in [1.807, 2.05) is 47.0 Å². The molecular weight excluding hydrogens is 1280 g/mol. The molecule has 0 saturated carbocycles. The van der Waals surface area contributed by atoms with Crippen LogP contribution in [0.5, 0.6) is 0 Å². The summed E-state index contributed by atoms with van der Waals surface area (Å²) in [6.07, 6.45) is 79.8. The van der Waals surface area contributed by atoms with Crippen LogP contribution in [0.1, 0.15) is 439 Å². The standard InChI is InChI=1S/C85H164O8S4/c1-5-9-13-17-21-25-29-33-37-41-45-49-53-57-69-94-73-61-65-81(86)90-77-85(78-91-82(87)66-62-74-95-70-58-54-50-46-42-38-34-30-26-22-18-14-10-6-2,79-92-83(88)67-63-75-96-71-59-55-51-47-43-39-35-31-27-23-19-15-11-7-3)80-93-84(89)68-64-76-97-72-60-56-52-48-44-40-36-32-28-24-20-16-12-8-4/h5-80H2,1-4H3. The number of ether oxygens (including phenoxy) is 4. The molecule has 0 N–H and O–H groups in total. The number of hydrogen-bond donors (Lipinski definition) is 0. The van der Waals surface area contributed by atoms with Gasteiger partial charge in [-0.2, -0.15) is 47.0 Å². The van der Waals surface area contributed by atoms with Crippen LogP contribution in [-0.2, 0) is 38.1 Å². The summed E-state index contributed by atoms with van der Waals surface area (Å²) < 4.78 is 24.0. The second kappa shape index (κ2) is 82.6. The van der Waals surface area contributed by atoms with Gasteiger partial charge in [-0.25, -0.2) is 0 Å². The Hall–Kier alpha value is -0.720. The summed E-state index contributed by atoms with van der Waals surface area (Å²) in [6, 6.07) is 0. The topological polar surface area (TPSA) is 105 Å². The monoisotopic (exact) mass is 1440 g/mol. The van der Waals surface area contributed by atoms with Crippen molar-refractivity contribution in [2.75, 3.05) is 72.5 Å². The highest BCUT2D eigenvalue weighted by atomic mass is 32.2. The van der Waals surface area contributed by atoms with E-state index >= 15 is 0 Å². The molecule has 0 aliphatic rings. The number of esters is 4. The summed E-state index contributed by atoms with van der Waals surface area (Å²) in [6.45, 7) is 8.44. The van der Waals surface area contributed by atoms with E-state index < -0.39 is 5.41 Å². The number of carbonyl (C=O) groups excluding carboxylic acids is 4. The van der Waals surface area contributed by atoms with E-state index in [2.05, 4.69) is 27.7 Å². The van der Waals surface area contributed by atoms with E-state index in [9.17, 15) is 19.2 Å². The molecule has 97 heavy (non-hydrogen) atoms. The number of thioether (sulfide) groups is 4. The molecule has 0 aliphatic heterocycles. The molecule has 0 saturated heterocycles. The minimum absolute atomic E-state index is 0.176. The van der Waals surface area contributed by atoms with Gasteiger partial charge in [-0.3, -0.25) is 19.2 Å². The van der Waals surface area contributed by atoms with Crippen molar-refractivity contribution in [3.63, 3.8) is 0 Å². The molecule has 8 nitrogen and oxygen atoms in total. The maximum Gasteiger partial charge on any atom is 0.305 e. The third-order valence-corrected chi connectivity index (χ3v) is 24.0. The zero-order valence-electron chi connectivity index (χ0n) is 65.1. The summed E-state index contributed by atoms with van der Waals surface area (Å²) in [5.41, 5.74) is -1.23. The number of hydrogen-bond acceptors (Lipinski definition) is 12. The predicted octanol–water partition coefficient (Wildman–Crippen LogP) is 28.1. The quantitative estimate of drug-likeness (QED) is 0.0329. The van der Waals surface area contributed by atoms with E-state index in [0.29, 0.717) is 25.7 Å². The first-order chi connectivity index (χ1) is 47.8. The molecule has 0 atom stereocenters. The Balaban J connectivity index is 5.38. The first-order valence-electron chi connectivity index (χ1n) is 42.8. The molecule has 0 aliphatic carbocycles. The van der Waals surface area contributed by atoms with E-state index in [1.165, 1.54) is 360 Å². The van der Waals surface area contributed by atoms with Crippen molar-refractivity contribution in [3.8, 4) is 0 Å². The molecule has 0 radical (unpaired) electrons. The predicted molar refractivity (Wildman–Crippen MR) is 434 cm³/mol. The van der Waals surface area contributed by atoms with E-state index in [4.69, 9.17) is 18.9 Å². The zero-order valence-corrected chi connectivity index (χ0v) is 68.4. The van der Waals surface area contributed by atoms with Gasteiger partial charge in [0.05, 0.1) is 0 Å². The van der Waals surface area contributed by atoms with Gasteiger partial charge in [-0.15, -0.1) is 0 Å². The first kappa shape index (κ1) is 96.3. The zero-order chi connectivity index (χ0) is 70.2. The SMILES string of the molecule is CCCCCCCCCCCCCCCCSCCCC(=O)OCC(COC(=O)CCCSCCCCCCCCCCCCCCCC)(COC(=O)CCCSCCCCCCCCCCCCCCCC)COC(=O)CCCSCCCCCCCCCCCCCCCC. The molecule has 0 aromatic heterocycles. The van der Waals surface area contributed by atoms with Crippen LogP contribution in [0, 0.1) is 5.41 Å². The van der Waals surface area contributed by atoms with E-state index in [1.54, 1.807) is 0 Å². The summed E-state index contributed by atoms with van der Waals surface area (Å²) in [7, 11) is 0. The first-order valence-corrected chi connectivity index (χ1v) is 47.4. The molecule has 12 heteroatoms. The lowest BCUT2D eigenvalue weighted by Crippen LogP contribution is -2.44. The van der Waals surface area contributed by atoms with Crippen LogP contribution >= 0.6 is 47.0 Å². The van der Waals surface area contributed by atoms with Gasteiger partial charge in [0.1, 0.15) is 31.8 Å². The van der Waals surface area contributed by atoms with Gasteiger partial charge in [0.25, 0.3) is 0 Å².